The summed E-state index contributed by atoms with van der Waals surface area (Å²) in [4.78, 5) is 21.1. The van der Waals surface area contributed by atoms with Crippen LogP contribution in [0.15, 0.2) is 0 Å². The molecule has 0 aliphatic heterocycles. The largest absolute Gasteiger partial charge is 0.346 e. The Morgan fingerprint density at radius 1 is 1.60 bits per heavy atom. The average molecular weight is 164 g/mol. The maximum absolute atomic E-state index is 10.5. The zero-order chi connectivity index (χ0) is 8.15. The Morgan fingerprint density at radius 3 is 2.40 bits per heavy atom. The minimum atomic E-state index is -0.425. The van der Waals surface area contributed by atoms with Gasteiger partial charge in [-0.05, 0) is 13.8 Å². The van der Waals surface area contributed by atoms with E-state index in [9.17, 15) is 9.59 Å². The molecule has 0 rings (SSSR count). The standard InChI is InChI=1S/C6H10ClNO2/c1-4(5(2)9)8-6(10)3-7/h4H,3H2,1-2H3,(H,8,10). The van der Waals surface area contributed by atoms with Crippen molar-refractivity contribution in [3.63, 3.8) is 0 Å². The molecule has 58 valence electrons. The summed E-state index contributed by atoms with van der Waals surface area (Å²) in [6, 6.07) is -0.425. The van der Waals surface area contributed by atoms with Crippen molar-refractivity contribution in [1.29, 1.82) is 0 Å². The van der Waals surface area contributed by atoms with Crippen LogP contribution in [0.1, 0.15) is 13.8 Å². The number of hydrogen-bond acceptors (Lipinski definition) is 2. The molecular weight excluding hydrogens is 154 g/mol. The number of ketones is 1. The highest BCUT2D eigenvalue weighted by atomic mass is 35.5. The van der Waals surface area contributed by atoms with Crippen molar-refractivity contribution in [1.82, 2.24) is 5.32 Å². The fourth-order valence-corrected chi connectivity index (χ4v) is 0.459. The minimum Gasteiger partial charge on any atom is -0.346 e. The molecule has 0 aliphatic carbocycles. The Kier molecular flexibility index (Phi) is 4.03. The molecule has 1 atom stereocenters. The first kappa shape index (κ1) is 9.43. The predicted octanol–water partition coefficient (Wildman–Crippen LogP) is 0.319. The molecule has 0 aromatic rings. The lowest BCUT2D eigenvalue weighted by molar-refractivity contribution is -0.125. The number of nitrogens with one attached hydrogen (secondary N) is 1. The number of alkyl halides is 1. The molecule has 0 aromatic carbocycles. The normalized spacial score (nSPS) is 12.3. The van der Waals surface area contributed by atoms with Gasteiger partial charge >= 0.3 is 0 Å². The maximum Gasteiger partial charge on any atom is 0.235 e. The van der Waals surface area contributed by atoms with Gasteiger partial charge < -0.3 is 5.32 Å². The van der Waals surface area contributed by atoms with Gasteiger partial charge in [-0.15, -0.1) is 11.6 Å². The van der Waals surface area contributed by atoms with E-state index in [2.05, 4.69) is 5.32 Å². The zero-order valence-corrected chi connectivity index (χ0v) is 6.73. The molecule has 4 heteroatoms. The first-order chi connectivity index (χ1) is 4.57. The number of Topliss-reactive ketones (excluding diaryl/α,β-unsaturated/α-hetero) is 1. The summed E-state index contributed by atoms with van der Waals surface area (Å²) in [7, 11) is 0. The fraction of sp³-hybridized carbons (Fsp3) is 0.667. The van der Waals surface area contributed by atoms with Crippen molar-refractivity contribution >= 4 is 23.3 Å². The fourth-order valence-electron chi connectivity index (χ4n) is 0.382. The molecule has 0 bridgehead atoms. The van der Waals surface area contributed by atoms with Gasteiger partial charge in [0, 0.05) is 0 Å². The van der Waals surface area contributed by atoms with Gasteiger partial charge in [0.15, 0.2) is 5.78 Å². The molecule has 1 amide bonds. The molecule has 0 spiro atoms. The number of carbonyl (C=O) groups excluding carboxylic acids is 2. The van der Waals surface area contributed by atoms with Crippen molar-refractivity contribution < 1.29 is 9.59 Å². The molecule has 1 N–H and O–H groups in total. The first-order valence-corrected chi connectivity index (χ1v) is 3.47. The van der Waals surface area contributed by atoms with E-state index in [0.29, 0.717) is 0 Å². The van der Waals surface area contributed by atoms with Crippen molar-refractivity contribution in [2.75, 3.05) is 5.88 Å². The second-order valence-electron chi connectivity index (χ2n) is 2.03. The summed E-state index contributed by atoms with van der Waals surface area (Å²) >= 11 is 5.18. The molecule has 3 nitrogen and oxygen atoms in total. The summed E-state index contributed by atoms with van der Waals surface area (Å²) in [5, 5.41) is 2.41. The first-order valence-electron chi connectivity index (χ1n) is 2.93. The van der Waals surface area contributed by atoms with Crippen LogP contribution in [0.25, 0.3) is 0 Å². The SMILES string of the molecule is CC(=O)C(C)NC(=O)CCl. The molecule has 0 saturated heterocycles. The lowest BCUT2D eigenvalue weighted by Gasteiger charge is -2.07. The summed E-state index contributed by atoms with van der Waals surface area (Å²) in [6.45, 7) is 3.03. The van der Waals surface area contributed by atoms with E-state index < -0.39 is 6.04 Å². The molecule has 0 heterocycles. The maximum atomic E-state index is 10.5. The van der Waals surface area contributed by atoms with Crippen LogP contribution in [0.5, 0.6) is 0 Å². The third-order valence-corrected chi connectivity index (χ3v) is 1.35. The van der Waals surface area contributed by atoms with E-state index in [1.54, 1.807) is 6.92 Å². The number of amides is 1. The molecule has 0 fully saturated rings. The van der Waals surface area contributed by atoms with Gasteiger partial charge in [-0.1, -0.05) is 0 Å². The van der Waals surface area contributed by atoms with E-state index >= 15 is 0 Å². The van der Waals surface area contributed by atoms with Crippen LogP contribution in [-0.4, -0.2) is 23.6 Å². The second kappa shape index (κ2) is 4.28. The molecular formula is C6H10ClNO2. The Labute approximate surface area is 64.7 Å². The van der Waals surface area contributed by atoms with Gasteiger partial charge in [-0.2, -0.15) is 0 Å². The average Bonchev–Trinajstić information content (AvgIpc) is 1.87. The van der Waals surface area contributed by atoms with Gasteiger partial charge in [-0.25, -0.2) is 0 Å². The lowest BCUT2D eigenvalue weighted by atomic mass is 10.2. The lowest BCUT2D eigenvalue weighted by Crippen LogP contribution is -2.37. The monoisotopic (exact) mass is 163 g/mol. The molecule has 0 saturated carbocycles. The predicted molar refractivity (Wildman–Crippen MR) is 39.0 cm³/mol. The highest BCUT2D eigenvalue weighted by molar-refractivity contribution is 6.27. The number of rotatable bonds is 3. The Balaban J connectivity index is 3.68. The topological polar surface area (TPSA) is 46.2 Å². The van der Waals surface area contributed by atoms with Gasteiger partial charge in [0.25, 0.3) is 0 Å². The van der Waals surface area contributed by atoms with E-state index in [4.69, 9.17) is 11.6 Å². The van der Waals surface area contributed by atoms with Gasteiger partial charge in [-0.3, -0.25) is 9.59 Å². The van der Waals surface area contributed by atoms with Crippen LogP contribution in [0.3, 0.4) is 0 Å². The van der Waals surface area contributed by atoms with E-state index in [0.717, 1.165) is 0 Å². The van der Waals surface area contributed by atoms with Crippen LogP contribution in [0.2, 0.25) is 0 Å². The zero-order valence-electron chi connectivity index (χ0n) is 5.98. The van der Waals surface area contributed by atoms with Crippen LogP contribution in [-0.2, 0) is 9.59 Å². The molecule has 0 aromatic heterocycles. The number of carbonyl (C=O) groups is 2. The smallest absolute Gasteiger partial charge is 0.235 e. The van der Waals surface area contributed by atoms with Gasteiger partial charge in [0.05, 0.1) is 6.04 Å². The van der Waals surface area contributed by atoms with Crippen LogP contribution < -0.4 is 5.32 Å². The summed E-state index contributed by atoms with van der Waals surface area (Å²) in [6.07, 6.45) is 0. The van der Waals surface area contributed by atoms with Crippen molar-refractivity contribution in [3.05, 3.63) is 0 Å². The molecule has 0 aliphatic rings. The summed E-state index contributed by atoms with van der Waals surface area (Å²) < 4.78 is 0. The van der Waals surface area contributed by atoms with E-state index in [1.165, 1.54) is 6.92 Å². The van der Waals surface area contributed by atoms with E-state index in [-0.39, 0.29) is 17.6 Å². The highest BCUT2D eigenvalue weighted by Crippen LogP contribution is 1.84. The van der Waals surface area contributed by atoms with Crippen molar-refractivity contribution in [2.24, 2.45) is 0 Å². The Bertz CT molecular complexity index is 147. The highest BCUT2D eigenvalue weighted by Gasteiger charge is 2.08. The number of hydrogen-bond donors (Lipinski definition) is 1. The quantitative estimate of drug-likeness (QED) is 0.609. The van der Waals surface area contributed by atoms with E-state index in [1.807, 2.05) is 0 Å². The number of halogens is 1. The summed E-state index contributed by atoms with van der Waals surface area (Å²) in [5.74, 6) is -0.486. The third kappa shape index (κ3) is 3.45. The van der Waals surface area contributed by atoms with Gasteiger partial charge in [0.2, 0.25) is 5.91 Å². The minimum absolute atomic E-state index is 0.0709. The second-order valence-corrected chi connectivity index (χ2v) is 2.30. The van der Waals surface area contributed by atoms with Crippen molar-refractivity contribution in [3.8, 4) is 0 Å². The van der Waals surface area contributed by atoms with Crippen LogP contribution in [0.4, 0.5) is 0 Å². The molecule has 0 radical (unpaired) electrons. The Morgan fingerprint density at radius 2 is 2.10 bits per heavy atom. The molecule has 10 heavy (non-hydrogen) atoms. The Hall–Kier alpha value is -0.570. The van der Waals surface area contributed by atoms with Crippen molar-refractivity contribution in [2.45, 2.75) is 19.9 Å². The van der Waals surface area contributed by atoms with Gasteiger partial charge in [0.1, 0.15) is 5.88 Å². The molecule has 1 unspecified atom stereocenters. The van der Waals surface area contributed by atoms with Crippen LogP contribution in [0, 0.1) is 0 Å². The summed E-state index contributed by atoms with van der Waals surface area (Å²) in [5.41, 5.74) is 0. The third-order valence-electron chi connectivity index (χ3n) is 1.11. The van der Waals surface area contributed by atoms with Crippen LogP contribution >= 0.6 is 11.6 Å².